The van der Waals surface area contributed by atoms with E-state index in [4.69, 9.17) is 17.2 Å². The number of aliphatic carboxylic acids is 1. The molecule has 0 radical (unpaired) electrons. The quantitative estimate of drug-likeness (QED) is 0.0641. The van der Waals surface area contributed by atoms with Gasteiger partial charge in [-0.05, 0) is 55.7 Å². The monoisotopic (exact) mass is 590 g/mol. The van der Waals surface area contributed by atoms with Crippen molar-refractivity contribution in [3.63, 3.8) is 0 Å². The van der Waals surface area contributed by atoms with Crippen LogP contribution < -0.4 is 33.2 Å². The van der Waals surface area contributed by atoms with Gasteiger partial charge in [0.25, 0.3) is 0 Å². The molecule has 0 unspecified atom stereocenters. The second kappa shape index (κ2) is 16.1. The summed E-state index contributed by atoms with van der Waals surface area (Å²) in [4.78, 5) is 68.2. The van der Waals surface area contributed by atoms with Gasteiger partial charge in [0.1, 0.15) is 23.9 Å². The number of hydrogen-bond acceptors (Lipinski definition) is 8. The number of nitrogens with one attached hydrogen (secondary N) is 3. The highest BCUT2D eigenvalue weighted by atomic mass is 16.4. The van der Waals surface area contributed by atoms with E-state index in [0.717, 1.165) is 5.56 Å². The van der Waals surface area contributed by atoms with Crippen molar-refractivity contribution in [3.8, 4) is 5.75 Å². The highest BCUT2D eigenvalue weighted by molar-refractivity contribution is 5.94. The van der Waals surface area contributed by atoms with Crippen molar-refractivity contribution < 1.29 is 34.2 Å². The lowest BCUT2D eigenvalue weighted by Crippen LogP contribution is -2.56. The fourth-order valence-corrected chi connectivity index (χ4v) is 4.51. The van der Waals surface area contributed by atoms with Crippen LogP contribution in [-0.2, 0) is 30.4 Å². The number of carbonyl (C=O) groups is 5. The number of phenolic OH excluding ortho intramolecular Hbond substituents is 1. The number of rotatable bonds is 15. The van der Waals surface area contributed by atoms with Gasteiger partial charge < -0.3 is 48.3 Å². The fraction of sp³-hybridized carbons (Fsp3) is 0.556. The number of benzene rings is 1. The molecule has 1 fully saturated rings. The first-order valence-corrected chi connectivity index (χ1v) is 13.8. The SMILES string of the molecule is CC(C)[C@H](NC(=O)[C@@H](N)Cc1ccc(O)cc1)C(=O)NCC(=O)N1CCC[C@H]1C(=O)N[C@@H](CCCN=C(N)N)C(=O)O. The van der Waals surface area contributed by atoms with Crippen LogP contribution in [0.3, 0.4) is 0 Å². The third-order valence-corrected chi connectivity index (χ3v) is 6.83. The zero-order valence-corrected chi connectivity index (χ0v) is 23.9. The Kier molecular flexibility index (Phi) is 13.0. The number of aromatic hydroxyl groups is 1. The van der Waals surface area contributed by atoms with Crippen LogP contribution in [0, 0.1) is 5.92 Å². The predicted molar refractivity (Wildman–Crippen MR) is 154 cm³/mol. The standard InChI is InChI=1S/C27H42N8O7/c1-15(2)22(34-23(38)18(28)13-16-7-9-17(36)10-8-16)25(40)32-14-21(37)35-12-4-6-20(35)24(39)33-19(26(41)42)5-3-11-31-27(29)30/h7-10,15,18-20,22,36H,3-6,11-14,28H2,1-2H3,(H,32,40)(H,33,39)(H,34,38)(H,41,42)(H4,29,30,31)/t18-,19-,20-,22-/m0/s1. The predicted octanol–water partition coefficient (Wildman–Crippen LogP) is -1.87. The van der Waals surface area contributed by atoms with E-state index in [1.807, 2.05) is 0 Å². The van der Waals surface area contributed by atoms with Gasteiger partial charge in [-0.15, -0.1) is 0 Å². The Balaban J connectivity index is 1.92. The lowest BCUT2D eigenvalue weighted by Gasteiger charge is -2.27. The van der Waals surface area contributed by atoms with Gasteiger partial charge in [0.05, 0.1) is 12.6 Å². The Hall–Kier alpha value is -4.40. The first-order valence-electron chi connectivity index (χ1n) is 13.8. The van der Waals surface area contributed by atoms with Crippen molar-refractivity contribution in [2.45, 2.75) is 70.1 Å². The molecule has 1 heterocycles. The van der Waals surface area contributed by atoms with E-state index in [2.05, 4.69) is 20.9 Å². The number of carboxylic acid groups (broad SMARTS) is 1. The summed E-state index contributed by atoms with van der Waals surface area (Å²) in [6, 6.07) is 2.27. The van der Waals surface area contributed by atoms with Crippen molar-refractivity contribution in [1.82, 2.24) is 20.9 Å². The van der Waals surface area contributed by atoms with Gasteiger partial charge >= 0.3 is 5.97 Å². The summed E-state index contributed by atoms with van der Waals surface area (Å²) in [6.07, 6.45) is 1.48. The van der Waals surface area contributed by atoms with E-state index in [0.29, 0.717) is 19.3 Å². The van der Waals surface area contributed by atoms with Crippen LogP contribution in [0.4, 0.5) is 0 Å². The average Bonchev–Trinajstić information content (AvgIpc) is 3.42. The lowest BCUT2D eigenvalue weighted by molar-refractivity contribution is -0.144. The molecule has 1 aliphatic rings. The minimum absolute atomic E-state index is 0.0872. The molecule has 0 aromatic heterocycles. The first-order chi connectivity index (χ1) is 19.8. The number of carbonyl (C=O) groups excluding carboxylic acids is 4. The molecule has 4 atom stereocenters. The van der Waals surface area contributed by atoms with Crippen molar-refractivity contribution in [1.29, 1.82) is 0 Å². The number of nitrogens with two attached hydrogens (primary N) is 3. The number of amides is 4. The fourth-order valence-electron chi connectivity index (χ4n) is 4.51. The Morgan fingerprint density at radius 2 is 1.74 bits per heavy atom. The third-order valence-electron chi connectivity index (χ3n) is 6.83. The first kappa shape index (κ1) is 33.8. The van der Waals surface area contributed by atoms with E-state index in [-0.39, 0.29) is 43.6 Å². The molecule has 4 amide bonds. The number of likely N-dealkylation sites (tertiary alicyclic amines) is 1. The zero-order chi connectivity index (χ0) is 31.4. The van der Waals surface area contributed by atoms with Crippen LogP contribution in [0.15, 0.2) is 29.3 Å². The molecule has 0 saturated carbocycles. The third kappa shape index (κ3) is 10.5. The maximum Gasteiger partial charge on any atom is 0.326 e. The number of hydrogen-bond donors (Lipinski definition) is 8. The maximum absolute atomic E-state index is 13.0. The molecular weight excluding hydrogens is 548 g/mol. The zero-order valence-electron chi connectivity index (χ0n) is 23.9. The van der Waals surface area contributed by atoms with E-state index in [9.17, 15) is 34.2 Å². The molecule has 2 rings (SSSR count). The van der Waals surface area contributed by atoms with Crippen molar-refractivity contribution in [2.24, 2.45) is 28.1 Å². The molecule has 0 bridgehead atoms. The minimum atomic E-state index is -1.22. The van der Waals surface area contributed by atoms with E-state index >= 15 is 0 Å². The minimum Gasteiger partial charge on any atom is -0.508 e. The van der Waals surface area contributed by atoms with Gasteiger partial charge in [0, 0.05) is 13.1 Å². The Morgan fingerprint density at radius 3 is 2.33 bits per heavy atom. The average molecular weight is 591 g/mol. The van der Waals surface area contributed by atoms with Gasteiger partial charge in [-0.3, -0.25) is 24.2 Å². The summed E-state index contributed by atoms with van der Waals surface area (Å²) in [5, 5.41) is 26.6. The Labute approximate surface area is 244 Å². The molecule has 1 aliphatic heterocycles. The number of nitrogens with zero attached hydrogens (tertiary/aromatic N) is 2. The van der Waals surface area contributed by atoms with Crippen molar-refractivity contribution >= 4 is 35.6 Å². The van der Waals surface area contributed by atoms with Crippen LogP contribution in [0.1, 0.15) is 45.1 Å². The summed E-state index contributed by atoms with van der Waals surface area (Å²) in [5.74, 6) is -3.83. The van der Waals surface area contributed by atoms with Crippen LogP contribution in [-0.4, -0.2) is 94.5 Å². The smallest absolute Gasteiger partial charge is 0.326 e. The van der Waals surface area contributed by atoms with Crippen molar-refractivity contribution in [3.05, 3.63) is 29.8 Å². The molecule has 15 heteroatoms. The molecule has 11 N–H and O–H groups in total. The normalized spacial score (nSPS) is 16.7. The second-order valence-electron chi connectivity index (χ2n) is 10.5. The van der Waals surface area contributed by atoms with Gasteiger partial charge in [0.2, 0.25) is 23.6 Å². The molecular formula is C27H42N8O7. The molecule has 1 aromatic carbocycles. The molecule has 232 valence electrons. The number of aliphatic imine (C=N–C) groups is 1. The molecule has 0 aliphatic carbocycles. The van der Waals surface area contributed by atoms with Gasteiger partial charge in [-0.25, -0.2) is 4.79 Å². The number of guanidine groups is 1. The van der Waals surface area contributed by atoms with E-state index in [1.165, 1.54) is 17.0 Å². The van der Waals surface area contributed by atoms with Gasteiger partial charge in [-0.1, -0.05) is 26.0 Å². The highest BCUT2D eigenvalue weighted by Gasteiger charge is 2.36. The maximum atomic E-state index is 13.0. The van der Waals surface area contributed by atoms with Gasteiger partial charge in [-0.2, -0.15) is 0 Å². The summed E-state index contributed by atoms with van der Waals surface area (Å²) >= 11 is 0. The molecule has 1 saturated heterocycles. The van der Waals surface area contributed by atoms with Crippen molar-refractivity contribution in [2.75, 3.05) is 19.6 Å². The number of phenols is 1. The van der Waals surface area contributed by atoms with Crippen LogP contribution >= 0.6 is 0 Å². The lowest BCUT2D eigenvalue weighted by atomic mass is 10.0. The molecule has 1 aromatic rings. The summed E-state index contributed by atoms with van der Waals surface area (Å²) < 4.78 is 0. The van der Waals surface area contributed by atoms with E-state index in [1.54, 1.807) is 26.0 Å². The summed E-state index contributed by atoms with van der Waals surface area (Å²) in [7, 11) is 0. The Morgan fingerprint density at radius 1 is 1.07 bits per heavy atom. The number of carboxylic acids is 1. The largest absolute Gasteiger partial charge is 0.508 e. The molecule has 42 heavy (non-hydrogen) atoms. The van der Waals surface area contributed by atoms with Gasteiger partial charge in [0.15, 0.2) is 5.96 Å². The summed E-state index contributed by atoms with van der Waals surface area (Å²) in [5.41, 5.74) is 17.3. The molecule has 15 nitrogen and oxygen atoms in total. The highest BCUT2D eigenvalue weighted by Crippen LogP contribution is 2.18. The van der Waals surface area contributed by atoms with Crippen LogP contribution in [0.5, 0.6) is 5.75 Å². The van der Waals surface area contributed by atoms with Crippen LogP contribution in [0.25, 0.3) is 0 Å². The summed E-state index contributed by atoms with van der Waals surface area (Å²) in [6.45, 7) is 3.52. The Bertz CT molecular complexity index is 1140. The van der Waals surface area contributed by atoms with Crippen LogP contribution in [0.2, 0.25) is 0 Å². The molecule has 0 spiro atoms. The van der Waals surface area contributed by atoms with E-state index < -0.39 is 60.3 Å². The topological polar surface area (TPSA) is 256 Å². The second-order valence-corrected chi connectivity index (χ2v) is 10.5.